The van der Waals surface area contributed by atoms with Gasteiger partial charge in [-0.15, -0.1) is 0 Å². The summed E-state index contributed by atoms with van der Waals surface area (Å²) in [5.41, 5.74) is 0. The van der Waals surface area contributed by atoms with Crippen LogP contribution >= 0.6 is 11.8 Å². The third-order valence-electron chi connectivity index (χ3n) is 2.05. The molecule has 0 bridgehead atoms. The van der Waals surface area contributed by atoms with Gasteiger partial charge in [-0.05, 0) is 12.8 Å². The molecule has 2 heteroatoms. The van der Waals surface area contributed by atoms with E-state index in [9.17, 15) is 0 Å². The van der Waals surface area contributed by atoms with Crippen LogP contribution in [0.25, 0.3) is 0 Å². The maximum atomic E-state index is 3.50. The van der Waals surface area contributed by atoms with Crippen molar-refractivity contribution >= 4 is 11.8 Å². The van der Waals surface area contributed by atoms with Gasteiger partial charge in [-0.2, -0.15) is 11.8 Å². The second kappa shape index (κ2) is 1.92. The Morgan fingerprint density at radius 3 is 2.75 bits per heavy atom. The molecular weight excluding hydrogens is 118 g/mol. The summed E-state index contributed by atoms with van der Waals surface area (Å²) in [6.07, 6.45) is 2.89. The summed E-state index contributed by atoms with van der Waals surface area (Å²) in [7, 11) is 0. The first-order chi connectivity index (χ1) is 3.97. The van der Waals surface area contributed by atoms with E-state index >= 15 is 0 Å². The molecule has 1 saturated carbocycles. The van der Waals surface area contributed by atoms with E-state index in [0.29, 0.717) is 0 Å². The van der Waals surface area contributed by atoms with Crippen LogP contribution in [0.3, 0.4) is 0 Å². The van der Waals surface area contributed by atoms with E-state index in [1.54, 1.807) is 0 Å². The Kier molecular flexibility index (Phi) is 1.23. The Labute approximate surface area is 54.2 Å². The normalized spacial score (nSPS) is 45.0. The van der Waals surface area contributed by atoms with Crippen molar-refractivity contribution in [2.24, 2.45) is 0 Å². The van der Waals surface area contributed by atoms with E-state index in [1.807, 2.05) is 0 Å². The standard InChI is InChI=1S/C6H11NS/c1-2-6-5(1)7-3-4-8-6/h5-7H,1-4H2/t5-,6+/m1/s1. The van der Waals surface area contributed by atoms with Gasteiger partial charge < -0.3 is 5.32 Å². The van der Waals surface area contributed by atoms with Crippen molar-refractivity contribution in [2.45, 2.75) is 24.1 Å². The molecule has 1 nitrogen and oxygen atoms in total. The van der Waals surface area contributed by atoms with Gasteiger partial charge in [-0.25, -0.2) is 0 Å². The zero-order chi connectivity index (χ0) is 5.40. The molecule has 2 atom stereocenters. The molecule has 1 aliphatic heterocycles. The number of rotatable bonds is 0. The number of nitrogens with one attached hydrogen (secondary N) is 1. The lowest BCUT2D eigenvalue weighted by Gasteiger charge is -2.40. The summed E-state index contributed by atoms with van der Waals surface area (Å²) in [6.45, 7) is 1.24. The summed E-state index contributed by atoms with van der Waals surface area (Å²) < 4.78 is 0. The van der Waals surface area contributed by atoms with Crippen LogP contribution < -0.4 is 5.32 Å². The largest absolute Gasteiger partial charge is 0.312 e. The molecule has 0 radical (unpaired) electrons. The molecule has 1 N–H and O–H groups in total. The monoisotopic (exact) mass is 129 g/mol. The zero-order valence-corrected chi connectivity index (χ0v) is 5.71. The Hall–Kier alpha value is 0.310. The first kappa shape index (κ1) is 5.12. The highest BCUT2D eigenvalue weighted by Gasteiger charge is 2.32. The van der Waals surface area contributed by atoms with E-state index in [2.05, 4.69) is 17.1 Å². The Bertz CT molecular complexity index is 82.5. The molecule has 0 unspecified atom stereocenters. The molecule has 2 fully saturated rings. The van der Waals surface area contributed by atoms with Crippen molar-refractivity contribution in [1.82, 2.24) is 5.32 Å². The minimum atomic E-state index is 0.897. The van der Waals surface area contributed by atoms with Crippen LogP contribution in [0.1, 0.15) is 12.8 Å². The molecule has 1 aliphatic carbocycles. The maximum absolute atomic E-state index is 3.50. The zero-order valence-electron chi connectivity index (χ0n) is 4.89. The van der Waals surface area contributed by atoms with Crippen LogP contribution in [0.5, 0.6) is 0 Å². The number of thioether (sulfide) groups is 1. The van der Waals surface area contributed by atoms with Gasteiger partial charge in [-0.3, -0.25) is 0 Å². The second-order valence-corrected chi connectivity index (χ2v) is 3.89. The fraction of sp³-hybridized carbons (Fsp3) is 1.00. The highest BCUT2D eigenvalue weighted by molar-refractivity contribution is 8.00. The third-order valence-corrected chi connectivity index (χ3v) is 3.48. The number of hydrogen-bond donors (Lipinski definition) is 1. The average molecular weight is 129 g/mol. The minimum absolute atomic E-state index is 0.897. The summed E-state index contributed by atoms with van der Waals surface area (Å²) in [6, 6.07) is 0.897. The molecule has 0 aromatic heterocycles. The first-order valence-electron chi connectivity index (χ1n) is 3.32. The van der Waals surface area contributed by atoms with E-state index in [1.165, 1.54) is 25.1 Å². The lowest BCUT2D eigenvalue weighted by atomic mass is 9.92. The quantitative estimate of drug-likeness (QED) is 0.520. The highest BCUT2D eigenvalue weighted by atomic mass is 32.2. The predicted molar refractivity (Wildman–Crippen MR) is 37.3 cm³/mol. The van der Waals surface area contributed by atoms with Crippen LogP contribution in [0.2, 0.25) is 0 Å². The lowest BCUT2D eigenvalue weighted by Crippen LogP contribution is -2.50. The summed E-state index contributed by atoms with van der Waals surface area (Å²) in [5, 5.41) is 4.49. The van der Waals surface area contributed by atoms with E-state index < -0.39 is 0 Å². The maximum Gasteiger partial charge on any atom is 0.0202 e. The minimum Gasteiger partial charge on any atom is -0.312 e. The van der Waals surface area contributed by atoms with Crippen LogP contribution in [-0.2, 0) is 0 Å². The number of hydrogen-bond acceptors (Lipinski definition) is 2. The van der Waals surface area contributed by atoms with E-state index in [-0.39, 0.29) is 0 Å². The first-order valence-corrected chi connectivity index (χ1v) is 4.37. The van der Waals surface area contributed by atoms with Gasteiger partial charge >= 0.3 is 0 Å². The molecule has 0 aromatic rings. The molecule has 0 aromatic carbocycles. The van der Waals surface area contributed by atoms with Crippen molar-refractivity contribution in [3.63, 3.8) is 0 Å². The van der Waals surface area contributed by atoms with Gasteiger partial charge in [0.1, 0.15) is 0 Å². The summed E-state index contributed by atoms with van der Waals surface area (Å²) in [5.74, 6) is 1.33. The highest BCUT2D eigenvalue weighted by Crippen LogP contribution is 2.33. The van der Waals surface area contributed by atoms with Crippen molar-refractivity contribution in [3.05, 3.63) is 0 Å². The predicted octanol–water partition coefficient (Wildman–Crippen LogP) is 0.854. The molecule has 1 heterocycles. The second-order valence-electron chi connectivity index (χ2n) is 2.55. The Morgan fingerprint density at radius 1 is 1.38 bits per heavy atom. The van der Waals surface area contributed by atoms with Crippen LogP contribution in [0, 0.1) is 0 Å². The fourth-order valence-electron chi connectivity index (χ4n) is 1.36. The molecule has 46 valence electrons. The average Bonchev–Trinajstić information content (AvgIpc) is 1.72. The molecule has 1 saturated heterocycles. The molecule has 0 spiro atoms. The fourth-order valence-corrected chi connectivity index (χ4v) is 2.66. The van der Waals surface area contributed by atoms with Crippen LogP contribution in [-0.4, -0.2) is 23.6 Å². The van der Waals surface area contributed by atoms with Gasteiger partial charge in [0.15, 0.2) is 0 Å². The van der Waals surface area contributed by atoms with Crippen molar-refractivity contribution in [3.8, 4) is 0 Å². The van der Waals surface area contributed by atoms with Gasteiger partial charge in [0.25, 0.3) is 0 Å². The van der Waals surface area contributed by atoms with Crippen molar-refractivity contribution in [1.29, 1.82) is 0 Å². The molecule has 2 rings (SSSR count). The van der Waals surface area contributed by atoms with Crippen LogP contribution in [0.4, 0.5) is 0 Å². The van der Waals surface area contributed by atoms with Gasteiger partial charge in [-0.1, -0.05) is 0 Å². The Balaban J connectivity index is 1.92. The van der Waals surface area contributed by atoms with Crippen molar-refractivity contribution in [2.75, 3.05) is 12.3 Å². The van der Waals surface area contributed by atoms with Crippen molar-refractivity contribution < 1.29 is 0 Å². The SMILES string of the molecule is C1CS[C@H]2CC[C@H]2N1. The Morgan fingerprint density at radius 2 is 2.38 bits per heavy atom. The van der Waals surface area contributed by atoms with Crippen LogP contribution in [0.15, 0.2) is 0 Å². The van der Waals surface area contributed by atoms with Gasteiger partial charge in [0.05, 0.1) is 0 Å². The molecule has 2 aliphatic rings. The molecular formula is C6H11NS. The van der Waals surface area contributed by atoms with Gasteiger partial charge in [0.2, 0.25) is 0 Å². The summed E-state index contributed by atoms with van der Waals surface area (Å²) in [4.78, 5) is 0. The third kappa shape index (κ3) is 0.669. The lowest BCUT2D eigenvalue weighted by molar-refractivity contribution is 0.351. The van der Waals surface area contributed by atoms with E-state index in [4.69, 9.17) is 0 Å². The van der Waals surface area contributed by atoms with E-state index in [0.717, 1.165) is 11.3 Å². The molecule has 0 amide bonds. The summed E-state index contributed by atoms with van der Waals surface area (Å²) >= 11 is 2.15. The topological polar surface area (TPSA) is 12.0 Å². The molecule has 8 heavy (non-hydrogen) atoms. The van der Waals surface area contributed by atoms with Gasteiger partial charge in [0, 0.05) is 23.6 Å². The smallest absolute Gasteiger partial charge is 0.0202 e. The number of fused-ring (bicyclic) bond motifs is 1.